The zero-order chi connectivity index (χ0) is 13.8. The Kier molecular flexibility index (Phi) is 5.14. The predicted octanol–water partition coefficient (Wildman–Crippen LogP) is 3.23. The SMILES string of the molecule is CC(C)(C)NC(=O)NCCc1cc(Br)ccc1F. The van der Waals surface area contributed by atoms with Gasteiger partial charge in [0.05, 0.1) is 0 Å². The maximum Gasteiger partial charge on any atom is 0.315 e. The summed E-state index contributed by atoms with van der Waals surface area (Å²) in [7, 11) is 0. The quantitative estimate of drug-likeness (QED) is 0.883. The van der Waals surface area contributed by atoms with Crippen LogP contribution in [0.1, 0.15) is 26.3 Å². The smallest absolute Gasteiger partial charge is 0.315 e. The Morgan fingerprint density at radius 3 is 2.67 bits per heavy atom. The Morgan fingerprint density at radius 2 is 2.06 bits per heavy atom. The zero-order valence-electron chi connectivity index (χ0n) is 10.8. The molecule has 1 rings (SSSR count). The summed E-state index contributed by atoms with van der Waals surface area (Å²) < 4.78 is 14.2. The van der Waals surface area contributed by atoms with Gasteiger partial charge < -0.3 is 10.6 Å². The third kappa shape index (κ3) is 5.49. The van der Waals surface area contributed by atoms with Crippen LogP contribution in [-0.2, 0) is 6.42 Å². The molecule has 0 aliphatic carbocycles. The monoisotopic (exact) mass is 316 g/mol. The topological polar surface area (TPSA) is 41.1 Å². The molecule has 0 fully saturated rings. The molecule has 2 amide bonds. The van der Waals surface area contributed by atoms with Crippen LogP contribution in [0.25, 0.3) is 0 Å². The molecular formula is C13H18BrFN2O. The number of hydrogen-bond donors (Lipinski definition) is 2. The minimum atomic E-state index is -0.273. The first kappa shape index (κ1) is 15.0. The predicted molar refractivity (Wildman–Crippen MR) is 74.1 cm³/mol. The van der Waals surface area contributed by atoms with E-state index < -0.39 is 0 Å². The van der Waals surface area contributed by atoms with E-state index in [1.54, 1.807) is 12.1 Å². The number of carbonyl (C=O) groups excluding carboxylic acids is 1. The highest BCUT2D eigenvalue weighted by Gasteiger charge is 2.13. The number of hydrogen-bond acceptors (Lipinski definition) is 1. The molecule has 0 aromatic heterocycles. The minimum absolute atomic E-state index is 0.238. The maximum absolute atomic E-state index is 13.4. The first-order chi connectivity index (χ1) is 8.28. The largest absolute Gasteiger partial charge is 0.338 e. The summed E-state index contributed by atoms with van der Waals surface area (Å²) in [5, 5.41) is 5.48. The van der Waals surface area contributed by atoms with Crippen LogP contribution in [0.4, 0.5) is 9.18 Å². The van der Waals surface area contributed by atoms with Crippen molar-refractivity contribution in [3.05, 3.63) is 34.1 Å². The van der Waals surface area contributed by atoms with Crippen molar-refractivity contribution in [2.75, 3.05) is 6.54 Å². The fourth-order valence-electron chi connectivity index (χ4n) is 1.43. The number of nitrogens with one attached hydrogen (secondary N) is 2. The normalized spacial score (nSPS) is 11.2. The molecule has 1 aromatic carbocycles. The molecule has 100 valence electrons. The molecule has 0 aliphatic heterocycles. The lowest BCUT2D eigenvalue weighted by Gasteiger charge is -2.20. The maximum atomic E-state index is 13.4. The summed E-state index contributed by atoms with van der Waals surface area (Å²) in [4.78, 5) is 11.5. The van der Waals surface area contributed by atoms with Crippen LogP contribution in [0.15, 0.2) is 22.7 Å². The molecular weight excluding hydrogens is 299 g/mol. The van der Waals surface area contributed by atoms with Crippen molar-refractivity contribution >= 4 is 22.0 Å². The van der Waals surface area contributed by atoms with E-state index in [4.69, 9.17) is 0 Å². The van der Waals surface area contributed by atoms with Gasteiger partial charge >= 0.3 is 6.03 Å². The van der Waals surface area contributed by atoms with Gasteiger partial charge in [-0.1, -0.05) is 15.9 Å². The van der Waals surface area contributed by atoms with Crippen molar-refractivity contribution in [3.63, 3.8) is 0 Å². The molecule has 0 aliphatic rings. The highest BCUT2D eigenvalue weighted by Crippen LogP contribution is 2.15. The van der Waals surface area contributed by atoms with Crippen LogP contribution in [0.5, 0.6) is 0 Å². The molecule has 18 heavy (non-hydrogen) atoms. The Morgan fingerprint density at radius 1 is 1.39 bits per heavy atom. The number of carbonyl (C=O) groups is 1. The average molecular weight is 317 g/mol. The number of rotatable bonds is 3. The Hall–Kier alpha value is -1.10. The molecule has 0 saturated carbocycles. The Labute approximate surface area is 115 Å². The van der Waals surface area contributed by atoms with Crippen molar-refractivity contribution in [2.45, 2.75) is 32.7 Å². The van der Waals surface area contributed by atoms with E-state index >= 15 is 0 Å². The Balaban J connectivity index is 2.42. The van der Waals surface area contributed by atoms with E-state index in [9.17, 15) is 9.18 Å². The van der Waals surface area contributed by atoms with Crippen LogP contribution in [-0.4, -0.2) is 18.1 Å². The van der Waals surface area contributed by atoms with Gasteiger partial charge in [0.15, 0.2) is 0 Å². The third-order valence-electron chi connectivity index (χ3n) is 2.18. The lowest BCUT2D eigenvalue weighted by molar-refractivity contribution is 0.232. The van der Waals surface area contributed by atoms with Crippen molar-refractivity contribution in [2.24, 2.45) is 0 Å². The van der Waals surface area contributed by atoms with E-state index in [1.165, 1.54) is 6.07 Å². The first-order valence-corrected chi connectivity index (χ1v) is 6.57. The van der Waals surface area contributed by atoms with Gasteiger partial charge in [0.25, 0.3) is 0 Å². The standard InChI is InChI=1S/C13H18BrFN2O/c1-13(2,3)17-12(18)16-7-6-9-8-10(14)4-5-11(9)15/h4-5,8H,6-7H2,1-3H3,(H2,16,17,18). The fourth-order valence-corrected chi connectivity index (χ4v) is 1.84. The number of benzene rings is 1. The van der Waals surface area contributed by atoms with Gasteiger partial charge in [-0.2, -0.15) is 0 Å². The molecule has 0 unspecified atom stereocenters. The molecule has 2 N–H and O–H groups in total. The second-order valence-corrected chi connectivity index (χ2v) is 6.03. The van der Waals surface area contributed by atoms with Gasteiger partial charge in [0.2, 0.25) is 0 Å². The molecule has 0 atom stereocenters. The minimum Gasteiger partial charge on any atom is -0.338 e. The van der Waals surface area contributed by atoms with Gasteiger partial charge in [-0.05, 0) is 51.0 Å². The summed E-state index contributed by atoms with van der Waals surface area (Å²) in [6.07, 6.45) is 0.461. The molecule has 0 bridgehead atoms. The highest BCUT2D eigenvalue weighted by atomic mass is 79.9. The van der Waals surface area contributed by atoms with Gasteiger partial charge in [-0.3, -0.25) is 0 Å². The van der Waals surface area contributed by atoms with E-state index in [0.29, 0.717) is 18.5 Å². The van der Waals surface area contributed by atoms with Gasteiger partial charge in [-0.15, -0.1) is 0 Å². The molecule has 1 aromatic rings. The van der Waals surface area contributed by atoms with E-state index in [0.717, 1.165) is 4.47 Å². The van der Waals surface area contributed by atoms with E-state index in [-0.39, 0.29) is 17.4 Å². The van der Waals surface area contributed by atoms with Crippen molar-refractivity contribution in [1.29, 1.82) is 0 Å². The Bertz CT molecular complexity index is 429. The summed E-state index contributed by atoms with van der Waals surface area (Å²) in [5.41, 5.74) is 0.311. The van der Waals surface area contributed by atoms with Crippen LogP contribution in [0.2, 0.25) is 0 Å². The van der Waals surface area contributed by atoms with Crippen LogP contribution < -0.4 is 10.6 Å². The van der Waals surface area contributed by atoms with E-state index in [2.05, 4.69) is 26.6 Å². The number of urea groups is 1. The summed E-state index contributed by atoms with van der Waals surface area (Å²) in [5.74, 6) is -0.253. The summed E-state index contributed by atoms with van der Waals surface area (Å²) >= 11 is 3.29. The molecule has 5 heteroatoms. The molecule has 0 heterocycles. The fraction of sp³-hybridized carbons (Fsp3) is 0.462. The average Bonchev–Trinajstić information content (AvgIpc) is 2.20. The van der Waals surface area contributed by atoms with E-state index in [1.807, 2.05) is 20.8 Å². The van der Waals surface area contributed by atoms with Gasteiger partial charge in [0.1, 0.15) is 5.82 Å². The van der Waals surface area contributed by atoms with Gasteiger partial charge in [-0.25, -0.2) is 9.18 Å². The molecule has 0 saturated heterocycles. The molecule has 0 radical (unpaired) electrons. The summed E-state index contributed by atoms with van der Waals surface area (Å²) in [6.45, 7) is 6.11. The van der Waals surface area contributed by atoms with Gasteiger partial charge in [0, 0.05) is 16.6 Å². The van der Waals surface area contributed by atoms with Crippen LogP contribution in [0, 0.1) is 5.82 Å². The summed E-state index contributed by atoms with van der Waals surface area (Å²) in [6, 6.07) is 4.55. The molecule has 0 spiro atoms. The number of halogens is 2. The lowest BCUT2D eigenvalue weighted by Crippen LogP contribution is -2.46. The lowest BCUT2D eigenvalue weighted by atomic mass is 10.1. The van der Waals surface area contributed by atoms with Crippen molar-refractivity contribution in [3.8, 4) is 0 Å². The third-order valence-corrected chi connectivity index (χ3v) is 2.67. The highest BCUT2D eigenvalue weighted by molar-refractivity contribution is 9.10. The second kappa shape index (κ2) is 6.18. The van der Waals surface area contributed by atoms with Crippen LogP contribution >= 0.6 is 15.9 Å². The molecule has 3 nitrogen and oxygen atoms in total. The van der Waals surface area contributed by atoms with Crippen molar-refractivity contribution in [1.82, 2.24) is 10.6 Å². The number of amides is 2. The van der Waals surface area contributed by atoms with Crippen LogP contribution in [0.3, 0.4) is 0 Å². The second-order valence-electron chi connectivity index (χ2n) is 5.12. The zero-order valence-corrected chi connectivity index (χ0v) is 12.4. The van der Waals surface area contributed by atoms with Crippen molar-refractivity contribution < 1.29 is 9.18 Å². The first-order valence-electron chi connectivity index (χ1n) is 5.78.